The normalized spacial score (nSPS) is 13.8. The van der Waals surface area contributed by atoms with E-state index >= 15 is 0 Å². The Balaban J connectivity index is 2.28. The maximum absolute atomic E-state index is 9.87. The lowest BCUT2D eigenvalue weighted by atomic mass is 10.0. The molecule has 1 aromatic rings. The van der Waals surface area contributed by atoms with E-state index in [2.05, 4.69) is 30.6 Å². The zero-order valence-corrected chi connectivity index (χ0v) is 14.4. The summed E-state index contributed by atoms with van der Waals surface area (Å²) in [6, 6.07) is 9.15. The Morgan fingerprint density at radius 1 is 0.875 bits per heavy atom. The number of rotatable bonds is 9. The summed E-state index contributed by atoms with van der Waals surface area (Å²) in [6.45, 7) is 2.17. The predicted molar refractivity (Wildman–Crippen MR) is 97.0 cm³/mol. The summed E-state index contributed by atoms with van der Waals surface area (Å²) < 4.78 is 0. The van der Waals surface area contributed by atoms with Gasteiger partial charge in [-0.1, -0.05) is 81.2 Å². The van der Waals surface area contributed by atoms with Crippen LogP contribution in [0.5, 0.6) is 0 Å². The van der Waals surface area contributed by atoms with Gasteiger partial charge >= 0.3 is 0 Å². The molecule has 0 aromatic heterocycles. The van der Waals surface area contributed by atoms with Crippen LogP contribution in [0, 0.1) is 23.7 Å². The summed E-state index contributed by atoms with van der Waals surface area (Å²) in [5, 5.41) is 29.6. The Kier molecular flexibility index (Phi) is 10.7. The van der Waals surface area contributed by atoms with Crippen LogP contribution in [0.1, 0.15) is 63.5 Å². The second kappa shape index (κ2) is 12.6. The molecule has 0 aliphatic rings. The van der Waals surface area contributed by atoms with E-state index in [-0.39, 0.29) is 6.42 Å². The predicted octanol–water partition coefficient (Wildman–Crippen LogP) is 3.20. The lowest BCUT2D eigenvalue weighted by Gasteiger charge is -2.15. The summed E-state index contributed by atoms with van der Waals surface area (Å²) in [5.41, 5.74) is 0.727. The molecular weight excluding hydrogens is 300 g/mol. The molecule has 3 nitrogen and oxygen atoms in total. The molecule has 1 aromatic carbocycles. The van der Waals surface area contributed by atoms with Crippen LogP contribution in [0.15, 0.2) is 30.3 Å². The van der Waals surface area contributed by atoms with E-state index in [9.17, 15) is 15.3 Å². The van der Waals surface area contributed by atoms with Gasteiger partial charge in [-0.15, -0.1) is 0 Å². The highest BCUT2D eigenvalue weighted by atomic mass is 16.3. The van der Waals surface area contributed by atoms with Crippen molar-refractivity contribution in [2.75, 3.05) is 0 Å². The maximum atomic E-state index is 9.87. The van der Waals surface area contributed by atoms with Gasteiger partial charge in [-0.3, -0.25) is 0 Å². The molecule has 0 fully saturated rings. The van der Waals surface area contributed by atoms with E-state index in [1.165, 1.54) is 19.3 Å². The van der Waals surface area contributed by atoms with Gasteiger partial charge in [-0.25, -0.2) is 0 Å². The molecule has 3 N–H and O–H groups in total. The van der Waals surface area contributed by atoms with Crippen molar-refractivity contribution in [1.29, 1.82) is 0 Å². The van der Waals surface area contributed by atoms with Crippen molar-refractivity contribution in [3.8, 4) is 23.7 Å². The van der Waals surface area contributed by atoms with Crippen LogP contribution in [0.3, 0.4) is 0 Å². The third-order valence-electron chi connectivity index (χ3n) is 3.83. The molecule has 130 valence electrons. The van der Waals surface area contributed by atoms with Gasteiger partial charge in [0.05, 0.1) is 12.2 Å². The molecule has 0 aliphatic heterocycles. The highest BCUT2D eigenvalue weighted by molar-refractivity contribution is 5.32. The molecular formula is C21H28O3. The van der Waals surface area contributed by atoms with Crippen LogP contribution in [-0.4, -0.2) is 27.5 Å². The molecule has 0 spiro atoms. The highest BCUT2D eigenvalue weighted by Gasteiger charge is 2.14. The van der Waals surface area contributed by atoms with Crippen molar-refractivity contribution in [2.45, 2.75) is 70.2 Å². The molecule has 24 heavy (non-hydrogen) atoms. The quantitative estimate of drug-likeness (QED) is 0.482. The van der Waals surface area contributed by atoms with Crippen LogP contribution >= 0.6 is 0 Å². The third-order valence-corrected chi connectivity index (χ3v) is 3.83. The third kappa shape index (κ3) is 8.75. The van der Waals surface area contributed by atoms with Gasteiger partial charge in [-0.2, -0.15) is 0 Å². The van der Waals surface area contributed by atoms with Crippen molar-refractivity contribution in [2.24, 2.45) is 0 Å². The smallest absolute Gasteiger partial charge is 0.141 e. The second-order valence-corrected chi connectivity index (χ2v) is 5.93. The number of hydrogen-bond acceptors (Lipinski definition) is 3. The summed E-state index contributed by atoms with van der Waals surface area (Å²) in [6.07, 6.45) is 3.96. The first kappa shape index (κ1) is 20.3. The first-order valence-corrected chi connectivity index (χ1v) is 8.72. The first-order valence-electron chi connectivity index (χ1n) is 8.72. The van der Waals surface area contributed by atoms with Gasteiger partial charge in [0.15, 0.2) is 0 Å². The molecule has 0 aliphatic carbocycles. The fraction of sp³-hybridized carbons (Fsp3) is 0.524. The van der Waals surface area contributed by atoms with Crippen molar-refractivity contribution >= 4 is 0 Å². The van der Waals surface area contributed by atoms with E-state index in [1.54, 1.807) is 12.1 Å². The fourth-order valence-electron chi connectivity index (χ4n) is 2.31. The molecule has 3 unspecified atom stereocenters. The number of benzene rings is 1. The second-order valence-electron chi connectivity index (χ2n) is 5.93. The average molecular weight is 328 g/mol. The number of aliphatic hydroxyl groups is 3. The summed E-state index contributed by atoms with van der Waals surface area (Å²) in [7, 11) is 0. The number of aliphatic hydroxyl groups excluding tert-OH is 3. The van der Waals surface area contributed by atoms with E-state index < -0.39 is 18.3 Å². The zero-order chi connectivity index (χ0) is 17.6. The molecule has 0 amide bonds. The van der Waals surface area contributed by atoms with Gasteiger partial charge in [0.1, 0.15) is 6.10 Å². The minimum Gasteiger partial charge on any atom is -0.390 e. The molecule has 0 heterocycles. The van der Waals surface area contributed by atoms with Gasteiger partial charge in [0, 0.05) is 6.42 Å². The zero-order valence-electron chi connectivity index (χ0n) is 14.4. The maximum Gasteiger partial charge on any atom is 0.141 e. The molecule has 3 atom stereocenters. The topological polar surface area (TPSA) is 60.7 Å². The molecule has 0 saturated carbocycles. The van der Waals surface area contributed by atoms with Crippen LogP contribution in [-0.2, 0) is 0 Å². The standard InChI is InChI=1S/C21H28O3/c1-2-3-4-5-10-16-20(23)21(24)17-12-7-11-15-19(22)18-13-8-6-9-14-18/h6,8-9,13-14,19-24H,2-5,10,16-17H2,1H3. The van der Waals surface area contributed by atoms with Crippen molar-refractivity contribution in [3.05, 3.63) is 35.9 Å². The first-order chi connectivity index (χ1) is 11.6. The van der Waals surface area contributed by atoms with Crippen LogP contribution < -0.4 is 0 Å². The minimum absolute atomic E-state index is 0.187. The Hall–Kier alpha value is -1.78. The Labute approximate surface area is 145 Å². The highest BCUT2D eigenvalue weighted by Crippen LogP contribution is 2.11. The Bertz CT molecular complexity index is 559. The van der Waals surface area contributed by atoms with E-state index in [0.717, 1.165) is 18.4 Å². The molecule has 0 radical (unpaired) electrons. The monoisotopic (exact) mass is 328 g/mol. The van der Waals surface area contributed by atoms with Crippen molar-refractivity contribution in [3.63, 3.8) is 0 Å². The molecule has 1 rings (SSSR count). The van der Waals surface area contributed by atoms with Gasteiger partial charge in [0.2, 0.25) is 0 Å². The van der Waals surface area contributed by atoms with Crippen LogP contribution in [0.4, 0.5) is 0 Å². The minimum atomic E-state index is -0.862. The SMILES string of the molecule is CCCCCCCC(O)C(O)CC#CC#CC(O)c1ccccc1. The summed E-state index contributed by atoms with van der Waals surface area (Å²) in [4.78, 5) is 0. The molecule has 0 bridgehead atoms. The van der Waals surface area contributed by atoms with Gasteiger partial charge in [-0.05, 0) is 23.8 Å². The van der Waals surface area contributed by atoms with Gasteiger partial charge in [0.25, 0.3) is 0 Å². The summed E-state index contributed by atoms with van der Waals surface area (Å²) in [5.74, 6) is 10.6. The van der Waals surface area contributed by atoms with Gasteiger partial charge < -0.3 is 15.3 Å². The van der Waals surface area contributed by atoms with Crippen LogP contribution in [0.2, 0.25) is 0 Å². The summed E-state index contributed by atoms with van der Waals surface area (Å²) >= 11 is 0. The Morgan fingerprint density at radius 3 is 2.29 bits per heavy atom. The van der Waals surface area contributed by atoms with E-state index in [0.29, 0.717) is 6.42 Å². The molecule has 3 heteroatoms. The fourth-order valence-corrected chi connectivity index (χ4v) is 2.31. The number of hydrogen-bond donors (Lipinski definition) is 3. The van der Waals surface area contributed by atoms with E-state index in [4.69, 9.17) is 0 Å². The lowest BCUT2D eigenvalue weighted by Crippen LogP contribution is -2.25. The molecule has 0 saturated heterocycles. The van der Waals surface area contributed by atoms with Crippen LogP contribution in [0.25, 0.3) is 0 Å². The van der Waals surface area contributed by atoms with Crippen molar-refractivity contribution < 1.29 is 15.3 Å². The number of unbranched alkanes of at least 4 members (excludes halogenated alkanes) is 4. The average Bonchev–Trinajstić information content (AvgIpc) is 2.61. The largest absolute Gasteiger partial charge is 0.390 e. The van der Waals surface area contributed by atoms with Crippen molar-refractivity contribution in [1.82, 2.24) is 0 Å². The van der Waals surface area contributed by atoms with E-state index in [1.807, 2.05) is 18.2 Å². The lowest BCUT2D eigenvalue weighted by molar-refractivity contribution is 0.0165. The Morgan fingerprint density at radius 2 is 1.58 bits per heavy atom.